The highest BCUT2D eigenvalue weighted by Gasteiger charge is 2.22. The van der Waals surface area contributed by atoms with Gasteiger partial charge in [-0.1, -0.05) is 36.4 Å². The number of amides is 1. The molecule has 5 nitrogen and oxygen atoms in total. The summed E-state index contributed by atoms with van der Waals surface area (Å²) < 4.78 is 2.20. The minimum atomic E-state index is -0.251. The van der Waals surface area contributed by atoms with Crippen LogP contribution in [0.25, 0.3) is 11.0 Å². The van der Waals surface area contributed by atoms with Gasteiger partial charge in [0.2, 0.25) is 0 Å². The minimum Gasteiger partial charge on any atom is -0.346 e. The van der Waals surface area contributed by atoms with Gasteiger partial charge < -0.3 is 14.9 Å². The standard InChI is InChI=1S/C24H26N4O/c1-15(2)28-16(3)12-20(17(28)4)24(29)27-23(18-8-6-5-7-9-18)19-10-11-21-22(13-19)26-14-25-21/h5-15,23H,1-4H3,(H,25,26)(H,27,29). The van der Waals surface area contributed by atoms with Crippen LogP contribution in [0.2, 0.25) is 0 Å². The fourth-order valence-electron chi connectivity index (χ4n) is 4.15. The summed E-state index contributed by atoms with van der Waals surface area (Å²) in [6, 6.07) is 18.1. The van der Waals surface area contributed by atoms with Gasteiger partial charge in [0.15, 0.2) is 0 Å². The van der Waals surface area contributed by atoms with Crippen molar-refractivity contribution < 1.29 is 4.79 Å². The lowest BCUT2D eigenvalue weighted by Crippen LogP contribution is -2.29. The van der Waals surface area contributed by atoms with Crippen LogP contribution >= 0.6 is 0 Å². The van der Waals surface area contributed by atoms with Gasteiger partial charge in [0.25, 0.3) is 5.91 Å². The Labute approximate surface area is 170 Å². The van der Waals surface area contributed by atoms with E-state index in [1.54, 1.807) is 6.33 Å². The smallest absolute Gasteiger partial charge is 0.253 e. The highest BCUT2D eigenvalue weighted by Crippen LogP contribution is 2.26. The Morgan fingerprint density at radius 1 is 1.03 bits per heavy atom. The van der Waals surface area contributed by atoms with Gasteiger partial charge in [-0.15, -0.1) is 0 Å². The van der Waals surface area contributed by atoms with E-state index in [1.165, 1.54) is 0 Å². The van der Waals surface area contributed by atoms with Crippen molar-refractivity contribution >= 4 is 16.9 Å². The largest absolute Gasteiger partial charge is 0.346 e. The van der Waals surface area contributed by atoms with E-state index in [0.717, 1.165) is 39.1 Å². The molecule has 0 aliphatic carbocycles. The van der Waals surface area contributed by atoms with Crippen LogP contribution in [-0.4, -0.2) is 20.4 Å². The number of nitrogens with zero attached hydrogens (tertiary/aromatic N) is 2. The van der Waals surface area contributed by atoms with E-state index in [9.17, 15) is 4.79 Å². The second kappa shape index (κ2) is 7.59. The minimum absolute atomic E-state index is 0.0661. The van der Waals surface area contributed by atoms with Gasteiger partial charge in [0, 0.05) is 17.4 Å². The summed E-state index contributed by atoms with van der Waals surface area (Å²) in [6.07, 6.45) is 1.69. The summed E-state index contributed by atoms with van der Waals surface area (Å²) in [5.74, 6) is -0.0661. The molecule has 2 aromatic heterocycles. The average Bonchev–Trinajstić information content (AvgIpc) is 3.29. The molecule has 29 heavy (non-hydrogen) atoms. The van der Waals surface area contributed by atoms with E-state index >= 15 is 0 Å². The molecule has 148 valence electrons. The summed E-state index contributed by atoms with van der Waals surface area (Å²) in [5.41, 5.74) is 6.72. The number of fused-ring (bicyclic) bond motifs is 1. The highest BCUT2D eigenvalue weighted by atomic mass is 16.1. The SMILES string of the molecule is Cc1cc(C(=O)NC(c2ccccc2)c2ccc3nc[nH]c3c2)c(C)n1C(C)C. The van der Waals surface area contributed by atoms with E-state index < -0.39 is 0 Å². The first kappa shape index (κ1) is 19.0. The Balaban J connectivity index is 1.73. The van der Waals surface area contributed by atoms with Crippen molar-refractivity contribution in [3.05, 3.63) is 89.0 Å². The van der Waals surface area contributed by atoms with Crippen molar-refractivity contribution in [2.24, 2.45) is 0 Å². The number of aromatic amines is 1. The maximum atomic E-state index is 13.3. The fraction of sp³-hybridized carbons (Fsp3) is 0.250. The normalized spacial score (nSPS) is 12.4. The van der Waals surface area contributed by atoms with Crippen molar-refractivity contribution in [3.8, 4) is 0 Å². The number of nitrogens with one attached hydrogen (secondary N) is 2. The van der Waals surface area contributed by atoms with Gasteiger partial charge in [-0.3, -0.25) is 4.79 Å². The van der Waals surface area contributed by atoms with E-state index in [0.29, 0.717) is 6.04 Å². The van der Waals surface area contributed by atoms with Gasteiger partial charge >= 0.3 is 0 Å². The molecular weight excluding hydrogens is 360 g/mol. The summed E-state index contributed by atoms with van der Waals surface area (Å²) in [4.78, 5) is 20.7. The van der Waals surface area contributed by atoms with Gasteiger partial charge in [0.05, 0.1) is 29.0 Å². The molecule has 5 heteroatoms. The molecule has 0 spiro atoms. The first-order chi connectivity index (χ1) is 14.0. The molecule has 0 fully saturated rings. The van der Waals surface area contributed by atoms with Crippen molar-refractivity contribution in [1.29, 1.82) is 0 Å². The molecular formula is C24H26N4O. The van der Waals surface area contributed by atoms with Crippen LogP contribution in [0.4, 0.5) is 0 Å². The van der Waals surface area contributed by atoms with Crippen molar-refractivity contribution in [3.63, 3.8) is 0 Å². The summed E-state index contributed by atoms with van der Waals surface area (Å²) in [7, 11) is 0. The number of imidazole rings is 1. The van der Waals surface area contributed by atoms with Crippen LogP contribution in [0, 0.1) is 13.8 Å². The number of benzene rings is 2. The molecule has 1 atom stereocenters. The van der Waals surface area contributed by atoms with E-state index in [4.69, 9.17) is 0 Å². The number of carbonyl (C=O) groups is 1. The number of carbonyl (C=O) groups excluding carboxylic acids is 1. The lowest BCUT2D eigenvalue weighted by atomic mass is 9.97. The lowest BCUT2D eigenvalue weighted by Gasteiger charge is -2.20. The maximum absolute atomic E-state index is 13.3. The van der Waals surface area contributed by atoms with Crippen LogP contribution in [0.15, 0.2) is 60.9 Å². The van der Waals surface area contributed by atoms with Crippen LogP contribution in [0.1, 0.15) is 58.8 Å². The predicted molar refractivity (Wildman–Crippen MR) is 116 cm³/mol. The Kier molecular flexibility index (Phi) is 4.97. The summed E-state index contributed by atoms with van der Waals surface area (Å²) >= 11 is 0. The topological polar surface area (TPSA) is 62.7 Å². The number of rotatable bonds is 5. The fourth-order valence-corrected chi connectivity index (χ4v) is 4.15. The molecule has 0 saturated carbocycles. The number of aryl methyl sites for hydroxylation is 1. The van der Waals surface area contributed by atoms with Gasteiger partial charge in [-0.2, -0.15) is 0 Å². The van der Waals surface area contributed by atoms with Crippen LogP contribution in [-0.2, 0) is 0 Å². The summed E-state index contributed by atoms with van der Waals surface area (Å²) in [5, 5.41) is 3.26. The average molecular weight is 386 g/mol. The zero-order valence-corrected chi connectivity index (χ0v) is 17.2. The van der Waals surface area contributed by atoms with E-state index in [-0.39, 0.29) is 11.9 Å². The van der Waals surface area contributed by atoms with Crippen molar-refractivity contribution in [2.75, 3.05) is 0 Å². The summed E-state index contributed by atoms with van der Waals surface area (Å²) in [6.45, 7) is 8.32. The molecule has 0 aliphatic heterocycles. The quantitative estimate of drug-likeness (QED) is 0.502. The third kappa shape index (κ3) is 3.56. The second-order valence-corrected chi connectivity index (χ2v) is 7.74. The molecule has 4 rings (SSSR count). The van der Waals surface area contributed by atoms with Crippen LogP contribution in [0.3, 0.4) is 0 Å². The first-order valence-electron chi connectivity index (χ1n) is 9.93. The maximum Gasteiger partial charge on any atom is 0.253 e. The third-order valence-corrected chi connectivity index (χ3v) is 5.43. The molecule has 4 aromatic rings. The monoisotopic (exact) mass is 386 g/mol. The molecule has 2 heterocycles. The zero-order valence-electron chi connectivity index (χ0n) is 17.2. The van der Waals surface area contributed by atoms with Gasteiger partial charge in [0.1, 0.15) is 0 Å². The molecule has 1 amide bonds. The highest BCUT2D eigenvalue weighted by molar-refractivity contribution is 5.96. The number of hydrogen-bond donors (Lipinski definition) is 2. The zero-order chi connectivity index (χ0) is 20.5. The molecule has 2 aromatic carbocycles. The molecule has 1 unspecified atom stereocenters. The van der Waals surface area contributed by atoms with Gasteiger partial charge in [-0.05, 0) is 57.0 Å². The Hall–Kier alpha value is -3.34. The van der Waals surface area contributed by atoms with E-state index in [1.807, 2.05) is 62.4 Å². The van der Waals surface area contributed by atoms with Crippen LogP contribution < -0.4 is 5.32 Å². The second-order valence-electron chi connectivity index (χ2n) is 7.74. The number of hydrogen-bond acceptors (Lipinski definition) is 2. The lowest BCUT2D eigenvalue weighted by molar-refractivity contribution is 0.0942. The third-order valence-electron chi connectivity index (χ3n) is 5.43. The molecule has 0 radical (unpaired) electrons. The molecule has 2 N–H and O–H groups in total. The van der Waals surface area contributed by atoms with E-state index in [2.05, 4.69) is 39.8 Å². The van der Waals surface area contributed by atoms with Crippen molar-refractivity contribution in [1.82, 2.24) is 19.9 Å². The van der Waals surface area contributed by atoms with Crippen LogP contribution in [0.5, 0.6) is 0 Å². The Bertz CT molecular complexity index is 1150. The predicted octanol–water partition coefficient (Wildman–Crippen LogP) is 5.08. The first-order valence-corrected chi connectivity index (χ1v) is 9.93. The molecule has 0 bridgehead atoms. The molecule has 0 aliphatic rings. The molecule has 0 saturated heterocycles. The number of H-pyrrole nitrogens is 1. The number of aromatic nitrogens is 3. The van der Waals surface area contributed by atoms with Gasteiger partial charge in [-0.25, -0.2) is 4.98 Å². The van der Waals surface area contributed by atoms with Crippen molar-refractivity contribution in [2.45, 2.75) is 39.8 Å². The Morgan fingerprint density at radius 3 is 2.48 bits per heavy atom. The Morgan fingerprint density at radius 2 is 1.79 bits per heavy atom.